The Morgan fingerprint density at radius 1 is 0.865 bits per heavy atom. The second kappa shape index (κ2) is 11.9. The molecular weight excluding hydrogens is 462 g/mol. The maximum atomic E-state index is 10.9. The van der Waals surface area contributed by atoms with Crippen LogP contribution < -0.4 is 4.74 Å². The number of ether oxygens (including phenoxy) is 1. The molecule has 1 saturated carbocycles. The van der Waals surface area contributed by atoms with Gasteiger partial charge in [0.25, 0.3) is 0 Å². The summed E-state index contributed by atoms with van der Waals surface area (Å²) >= 11 is 0. The van der Waals surface area contributed by atoms with E-state index < -0.39 is 5.97 Å². The zero-order valence-electron chi connectivity index (χ0n) is 21.0. The third kappa shape index (κ3) is 6.29. The first-order chi connectivity index (χ1) is 18.2. The number of hydrogen-bond donors (Lipinski definition) is 1. The van der Waals surface area contributed by atoms with Crippen LogP contribution in [0.25, 0.3) is 22.6 Å². The van der Waals surface area contributed by atoms with E-state index in [2.05, 4.69) is 30.3 Å². The monoisotopic (exact) mass is 495 g/mol. The van der Waals surface area contributed by atoms with Crippen molar-refractivity contribution in [3.05, 3.63) is 96.4 Å². The first-order valence-electron chi connectivity index (χ1n) is 13.2. The second-order valence-corrected chi connectivity index (χ2v) is 9.85. The molecule has 37 heavy (non-hydrogen) atoms. The highest BCUT2D eigenvalue weighted by molar-refractivity contribution is 5.76. The Bertz CT molecular complexity index is 1240. The fourth-order valence-electron chi connectivity index (χ4n) is 5.41. The molecular formula is C32H33NO4. The number of rotatable bonds is 8. The maximum absolute atomic E-state index is 10.9. The van der Waals surface area contributed by atoms with Crippen LogP contribution in [0.1, 0.15) is 55.9 Å². The third-order valence-electron chi connectivity index (χ3n) is 7.21. The van der Waals surface area contributed by atoms with E-state index in [9.17, 15) is 4.79 Å². The minimum absolute atomic E-state index is 0.212. The number of nitrogens with zero attached hydrogens (tertiary/aromatic N) is 1. The summed E-state index contributed by atoms with van der Waals surface area (Å²) in [7, 11) is 0. The Hall–Kier alpha value is -3.86. The lowest BCUT2D eigenvalue weighted by molar-refractivity contribution is -0.139. The van der Waals surface area contributed by atoms with E-state index in [0.29, 0.717) is 11.7 Å². The van der Waals surface area contributed by atoms with Crippen molar-refractivity contribution in [1.29, 1.82) is 0 Å². The first-order valence-corrected chi connectivity index (χ1v) is 13.2. The molecule has 0 saturated heterocycles. The molecule has 1 aliphatic rings. The van der Waals surface area contributed by atoms with E-state index in [1.54, 1.807) is 0 Å². The Kier molecular flexibility index (Phi) is 7.99. The van der Waals surface area contributed by atoms with Crippen molar-refractivity contribution >= 4 is 5.97 Å². The minimum Gasteiger partial charge on any atom is -0.482 e. The summed E-state index contributed by atoms with van der Waals surface area (Å²) in [5.41, 5.74) is 4.14. The summed E-state index contributed by atoms with van der Waals surface area (Å²) in [5.74, 6) is 1.85. The molecule has 1 N–H and O–H groups in total. The Labute approximate surface area is 218 Å². The molecule has 2 unspecified atom stereocenters. The topological polar surface area (TPSA) is 72.6 Å². The van der Waals surface area contributed by atoms with Crippen molar-refractivity contribution in [3.63, 3.8) is 0 Å². The highest BCUT2D eigenvalue weighted by Crippen LogP contribution is 2.42. The highest BCUT2D eigenvalue weighted by Gasteiger charge is 2.30. The Balaban J connectivity index is 1.48. The van der Waals surface area contributed by atoms with Crippen molar-refractivity contribution in [2.24, 2.45) is 5.92 Å². The summed E-state index contributed by atoms with van der Waals surface area (Å²) in [6.45, 7) is -0.337. The number of aromatic nitrogens is 1. The molecule has 190 valence electrons. The van der Waals surface area contributed by atoms with Crippen LogP contribution in [-0.2, 0) is 11.2 Å². The lowest BCUT2D eigenvalue weighted by Crippen LogP contribution is -2.18. The average Bonchev–Trinajstić information content (AvgIpc) is 3.36. The fraction of sp³-hybridized carbons (Fsp3) is 0.312. The number of hydrogen-bond acceptors (Lipinski definition) is 4. The quantitative estimate of drug-likeness (QED) is 0.270. The zero-order chi connectivity index (χ0) is 25.5. The van der Waals surface area contributed by atoms with Gasteiger partial charge in [0.15, 0.2) is 18.3 Å². The van der Waals surface area contributed by atoms with Gasteiger partial charge in [-0.25, -0.2) is 9.78 Å². The molecule has 3 aromatic carbocycles. The normalized spacial score (nSPS) is 18.1. The van der Waals surface area contributed by atoms with Gasteiger partial charge in [0.2, 0.25) is 0 Å². The third-order valence-corrected chi connectivity index (χ3v) is 7.21. The van der Waals surface area contributed by atoms with Gasteiger partial charge in [0.1, 0.15) is 11.4 Å². The van der Waals surface area contributed by atoms with Crippen LogP contribution in [0.4, 0.5) is 0 Å². The van der Waals surface area contributed by atoms with E-state index in [4.69, 9.17) is 19.2 Å². The summed E-state index contributed by atoms with van der Waals surface area (Å²) in [5, 5.41) is 8.97. The van der Waals surface area contributed by atoms with E-state index in [1.807, 2.05) is 54.6 Å². The van der Waals surface area contributed by atoms with Crippen LogP contribution in [0.3, 0.4) is 0 Å². The number of aliphatic carboxylic acids is 1. The van der Waals surface area contributed by atoms with Crippen LogP contribution in [0.5, 0.6) is 5.75 Å². The molecule has 1 aliphatic carbocycles. The average molecular weight is 496 g/mol. The molecule has 5 nitrogen and oxygen atoms in total. The molecule has 5 heteroatoms. The van der Waals surface area contributed by atoms with Crippen molar-refractivity contribution in [1.82, 2.24) is 4.98 Å². The van der Waals surface area contributed by atoms with Gasteiger partial charge >= 0.3 is 5.97 Å². The molecule has 2 atom stereocenters. The first kappa shape index (κ1) is 24.8. The number of carbonyl (C=O) groups is 1. The zero-order valence-corrected chi connectivity index (χ0v) is 21.0. The van der Waals surface area contributed by atoms with Crippen molar-refractivity contribution < 1.29 is 19.1 Å². The van der Waals surface area contributed by atoms with Crippen LogP contribution in [0.2, 0.25) is 0 Å². The number of benzene rings is 3. The van der Waals surface area contributed by atoms with Crippen molar-refractivity contribution in [3.8, 4) is 28.3 Å². The summed E-state index contributed by atoms with van der Waals surface area (Å²) in [6.07, 6.45) is 7.86. The molecule has 1 heterocycles. The predicted octanol–water partition coefficient (Wildman–Crippen LogP) is 7.77. The van der Waals surface area contributed by atoms with E-state index in [1.165, 1.54) is 19.3 Å². The van der Waals surface area contributed by atoms with Crippen LogP contribution in [0.15, 0.2) is 89.3 Å². The molecule has 1 aromatic heterocycles. The molecule has 1 fully saturated rings. The smallest absolute Gasteiger partial charge is 0.341 e. The standard InChI is InChI=1S/C32H33NO4/c34-29(35)22-36-27-18-11-12-23(21-27)20-26-17-5-1-2-10-19-28(26)32-33-30(24-13-6-3-7-14-24)31(37-32)25-15-8-4-9-16-25/h3-4,6-9,11-16,18,21,26,28H,1-2,5,10,17,19-20,22H2,(H,34,35). The number of carboxylic acids is 1. The molecule has 0 aliphatic heterocycles. The van der Waals surface area contributed by atoms with Gasteiger partial charge in [-0.05, 0) is 42.9 Å². The van der Waals surface area contributed by atoms with Gasteiger partial charge < -0.3 is 14.3 Å². The molecule has 0 amide bonds. The van der Waals surface area contributed by atoms with Crippen LogP contribution in [-0.4, -0.2) is 22.7 Å². The fourth-order valence-corrected chi connectivity index (χ4v) is 5.41. The summed E-state index contributed by atoms with van der Waals surface area (Å²) in [4.78, 5) is 16.1. The molecule has 0 bridgehead atoms. The van der Waals surface area contributed by atoms with E-state index in [-0.39, 0.29) is 12.5 Å². The Morgan fingerprint density at radius 2 is 1.57 bits per heavy atom. The van der Waals surface area contributed by atoms with Gasteiger partial charge in [-0.3, -0.25) is 0 Å². The van der Waals surface area contributed by atoms with Gasteiger partial charge in [-0.2, -0.15) is 0 Å². The lowest BCUT2D eigenvalue weighted by Gasteiger charge is -2.27. The highest BCUT2D eigenvalue weighted by atomic mass is 16.5. The Morgan fingerprint density at radius 3 is 2.30 bits per heavy atom. The van der Waals surface area contributed by atoms with Crippen molar-refractivity contribution in [2.75, 3.05) is 6.61 Å². The van der Waals surface area contributed by atoms with E-state index >= 15 is 0 Å². The van der Waals surface area contributed by atoms with Crippen LogP contribution in [0, 0.1) is 5.92 Å². The molecule has 5 rings (SSSR count). The van der Waals surface area contributed by atoms with Crippen molar-refractivity contribution in [2.45, 2.75) is 50.9 Å². The molecule has 0 spiro atoms. The number of carboxylic acid groups (broad SMARTS) is 1. The van der Waals surface area contributed by atoms with E-state index in [0.717, 1.165) is 59.7 Å². The molecule has 4 aromatic rings. The number of oxazole rings is 1. The maximum Gasteiger partial charge on any atom is 0.341 e. The largest absolute Gasteiger partial charge is 0.482 e. The van der Waals surface area contributed by atoms with Gasteiger partial charge in [0, 0.05) is 17.0 Å². The lowest BCUT2D eigenvalue weighted by atomic mass is 9.78. The van der Waals surface area contributed by atoms with Gasteiger partial charge in [-0.1, -0.05) is 98.5 Å². The minimum atomic E-state index is -0.974. The summed E-state index contributed by atoms with van der Waals surface area (Å²) in [6, 6.07) is 28.3. The summed E-state index contributed by atoms with van der Waals surface area (Å²) < 4.78 is 12.1. The SMILES string of the molecule is O=C(O)COc1cccc(CC2CCCCCCC2c2nc(-c3ccccc3)c(-c3ccccc3)o2)c1. The van der Waals surface area contributed by atoms with Crippen LogP contribution >= 0.6 is 0 Å². The molecule has 0 radical (unpaired) electrons. The second-order valence-electron chi connectivity index (χ2n) is 9.85. The predicted molar refractivity (Wildman–Crippen MR) is 145 cm³/mol. The van der Waals surface area contributed by atoms with Gasteiger partial charge in [0.05, 0.1) is 0 Å². The van der Waals surface area contributed by atoms with Gasteiger partial charge in [-0.15, -0.1) is 0 Å².